The molecule has 20 heavy (non-hydrogen) atoms. The number of hydrogen-bond donors (Lipinski definition) is 1. The standard InChI is InChI=1S/C11H9F3N2O2.C2H6/c12-7-1-6(11(14)8(13)2-7)4-16-5-9(17)15-3-10(16)18;1-2/h1-2H,3-5H2,(H,15,17);1-2H3. The van der Waals surface area contributed by atoms with Gasteiger partial charge < -0.3 is 10.2 Å². The van der Waals surface area contributed by atoms with Crippen molar-refractivity contribution < 1.29 is 22.8 Å². The van der Waals surface area contributed by atoms with Gasteiger partial charge in [-0.1, -0.05) is 13.8 Å². The zero-order valence-corrected chi connectivity index (χ0v) is 11.2. The summed E-state index contributed by atoms with van der Waals surface area (Å²) in [6.45, 7) is 3.21. The Labute approximate surface area is 114 Å². The van der Waals surface area contributed by atoms with E-state index in [2.05, 4.69) is 5.32 Å². The molecule has 0 bridgehead atoms. The third-order valence-electron chi connectivity index (χ3n) is 2.55. The smallest absolute Gasteiger partial charge is 0.242 e. The van der Waals surface area contributed by atoms with Crippen LogP contribution < -0.4 is 5.32 Å². The summed E-state index contributed by atoms with van der Waals surface area (Å²) in [5.41, 5.74) is -0.296. The van der Waals surface area contributed by atoms with E-state index in [1.54, 1.807) is 0 Å². The molecule has 0 spiro atoms. The molecular weight excluding hydrogens is 273 g/mol. The lowest BCUT2D eigenvalue weighted by molar-refractivity contribution is -0.141. The number of carbonyl (C=O) groups excluding carboxylic acids is 2. The summed E-state index contributed by atoms with van der Waals surface area (Å²) < 4.78 is 39.3. The summed E-state index contributed by atoms with van der Waals surface area (Å²) in [6, 6.07) is 1.22. The number of piperazine rings is 1. The van der Waals surface area contributed by atoms with Gasteiger partial charge in [0, 0.05) is 18.2 Å². The summed E-state index contributed by atoms with van der Waals surface area (Å²) >= 11 is 0. The number of nitrogens with zero attached hydrogens (tertiary/aromatic N) is 1. The monoisotopic (exact) mass is 288 g/mol. The number of nitrogens with one attached hydrogen (secondary N) is 1. The van der Waals surface area contributed by atoms with Crippen molar-refractivity contribution in [3.05, 3.63) is 35.1 Å². The van der Waals surface area contributed by atoms with E-state index in [0.717, 1.165) is 11.0 Å². The molecule has 1 heterocycles. The van der Waals surface area contributed by atoms with Gasteiger partial charge in [-0.3, -0.25) is 9.59 Å². The van der Waals surface area contributed by atoms with E-state index in [0.29, 0.717) is 6.07 Å². The number of hydrogen-bond acceptors (Lipinski definition) is 2. The number of amides is 2. The van der Waals surface area contributed by atoms with Crippen LogP contribution in [0.2, 0.25) is 0 Å². The summed E-state index contributed by atoms with van der Waals surface area (Å²) in [4.78, 5) is 23.5. The Morgan fingerprint density at radius 1 is 1.20 bits per heavy atom. The van der Waals surface area contributed by atoms with Crippen LogP contribution in [0.15, 0.2) is 12.1 Å². The first kappa shape index (κ1) is 16.0. The van der Waals surface area contributed by atoms with Crippen molar-refractivity contribution in [1.29, 1.82) is 0 Å². The molecule has 0 aromatic heterocycles. The minimum atomic E-state index is -1.32. The van der Waals surface area contributed by atoms with Crippen molar-refractivity contribution in [2.75, 3.05) is 13.1 Å². The molecule has 4 nitrogen and oxygen atoms in total. The van der Waals surface area contributed by atoms with Crippen molar-refractivity contribution in [3.8, 4) is 0 Å². The number of carbonyl (C=O) groups is 2. The Morgan fingerprint density at radius 2 is 1.85 bits per heavy atom. The van der Waals surface area contributed by atoms with Crippen molar-refractivity contribution in [2.45, 2.75) is 20.4 Å². The lowest BCUT2D eigenvalue weighted by atomic mass is 10.1. The molecule has 2 rings (SSSR count). The molecule has 110 valence electrons. The van der Waals surface area contributed by atoms with Gasteiger partial charge in [0.2, 0.25) is 11.8 Å². The molecule has 0 radical (unpaired) electrons. The highest BCUT2D eigenvalue weighted by molar-refractivity contribution is 5.92. The van der Waals surface area contributed by atoms with E-state index >= 15 is 0 Å². The quantitative estimate of drug-likeness (QED) is 0.840. The van der Waals surface area contributed by atoms with Crippen LogP contribution in [-0.4, -0.2) is 29.8 Å². The van der Waals surface area contributed by atoms with E-state index in [9.17, 15) is 22.8 Å². The van der Waals surface area contributed by atoms with Gasteiger partial charge in [-0.2, -0.15) is 0 Å². The highest BCUT2D eigenvalue weighted by atomic mass is 19.2. The van der Waals surface area contributed by atoms with Crippen LogP contribution in [0.4, 0.5) is 13.2 Å². The largest absolute Gasteiger partial charge is 0.345 e. The second-order valence-corrected chi connectivity index (χ2v) is 3.89. The first-order chi connectivity index (χ1) is 9.47. The minimum Gasteiger partial charge on any atom is -0.345 e. The van der Waals surface area contributed by atoms with Crippen LogP contribution in [0.1, 0.15) is 19.4 Å². The second-order valence-electron chi connectivity index (χ2n) is 3.89. The van der Waals surface area contributed by atoms with Crippen LogP contribution in [0.3, 0.4) is 0 Å². The molecule has 1 fully saturated rings. The average Bonchev–Trinajstić information content (AvgIpc) is 2.42. The molecule has 1 saturated heterocycles. The fourth-order valence-electron chi connectivity index (χ4n) is 1.68. The Morgan fingerprint density at radius 3 is 2.50 bits per heavy atom. The summed E-state index contributed by atoms with van der Waals surface area (Å²) in [7, 11) is 0. The van der Waals surface area contributed by atoms with Gasteiger partial charge in [0.05, 0.1) is 13.1 Å². The van der Waals surface area contributed by atoms with Crippen LogP contribution in [0.5, 0.6) is 0 Å². The predicted molar refractivity (Wildman–Crippen MR) is 66.1 cm³/mol. The Bertz CT molecular complexity index is 521. The van der Waals surface area contributed by atoms with Crippen molar-refractivity contribution in [2.24, 2.45) is 0 Å². The van der Waals surface area contributed by atoms with Gasteiger partial charge in [-0.05, 0) is 6.07 Å². The Balaban J connectivity index is 0.000000956. The molecule has 0 atom stereocenters. The van der Waals surface area contributed by atoms with Crippen molar-refractivity contribution >= 4 is 11.8 Å². The topological polar surface area (TPSA) is 49.4 Å². The maximum Gasteiger partial charge on any atom is 0.242 e. The number of benzene rings is 1. The molecule has 7 heteroatoms. The van der Waals surface area contributed by atoms with Crippen molar-refractivity contribution in [3.63, 3.8) is 0 Å². The van der Waals surface area contributed by atoms with Crippen molar-refractivity contribution in [1.82, 2.24) is 10.2 Å². The molecular formula is C13H15F3N2O2. The molecule has 1 aromatic carbocycles. The van der Waals surface area contributed by atoms with Crippen LogP contribution >= 0.6 is 0 Å². The van der Waals surface area contributed by atoms with E-state index in [-0.39, 0.29) is 25.2 Å². The maximum atomic E-state index is 13.4. The Hall–Kier alpha value is -2.05. The summed E-state index contributed by atoms with van der Waals surface area (Å²) in [5.74, 6) is -4.29. The minimum absolute atomic E-state index is 0.196. The average molecular weight is 288 g/mol. The molecule has 1 aliphatic rings. The molecule has 1 aliphatic heterocycles. The highest BCUT2D eigenvalue weighted by Gasteiger charge is 2.24. The fourth-order valence-corrected chi connectivity index (χ4v) is 1.68. The lowest BCUT2D eigenvalue weighted by Gasteiger charge is -2.26. The zero-order valence-electron chi connectivity index (χ0n) is 11.2. The van der Waals surface area contributed by atoms with E-state index < -0.39 is 29.3 Å². The first-order valence-electron chi connectivity index (χ1n) is 6.15. The third-order valence-corrected chi connectivity index (χ3v) is 2.55. The first-order valence-corrected chi connectivity index (χ1v) is 6.15. The molecule has 2 amide bonds. The van der Waals surface area contributed by atoms with Gasteiger partial charge in [-0.15, -0.1) is 0 Å². The van der Waals surface area contributed by atoms with Gasteiger partial charge >= 0.3 is 0 Å². The second kappa shape index (κ2) is 6.93. The SMILES string of the molecule is CC.O=C1CN(Cc2cc(F)cc(F)c2F)C(=O)CN1. The van der Waals surface area contributed by atoms with Gasteiger partial charge in [0.1, 0.15) is 5.82 Å². The van der Waals surface area contributed by atoms with Gasteiger partial charge in [0.15, 0.2) is 11.6 Å². The maximum absolute atomic E-state index is 13.4. The molecule has 0 unspecified atom stereocenters. The van der Waals surface area contributed by atoms with Gasteiger partial charge in [0.25, 0.3) is 0 Å². The molecule has 0 aliphatic carbocycles. The fraction of sp³-hybridized carbons (Fsp3) is 0.385. The zero-order chi connectivity index (χ0) is 15.3. The van der Waals surface area contributed by atoms with Crippen LogP contribution in [0.25, 0.3) is 0 Å². The summed E-state index contributed by atoms with van der Waals surface area (Å²) in [6.07, 6.45) is 0. The van der Waals surface area contributed by atoms with Gasteiger partial charge in [-0.25, -0.2) is 13.2 Å². The third kappa shape index (κ3) is 3.72. The lowest BCUT2D eigenvalue weighted by Crippen LogP contribution is -2.51. The Kier molecular flexibility index (Phi) is 5.54. The summed E-state index contributed by atoms with van der Waals surface area (Å²) in [5, 5.41) is 2.31. The van der Waals surface area contributed by atoms with E-state index in [4.69, 9.17) is 0 Å². The van der Waals surface area contributed by atoms with E-state index in [1.807, 2.05) is 13.8 Å². The number of rotatable bonds is 2. The highest BCUT2D eigenvalue weighted by Crippen LogP contribution is 2.16. The van der Waals surface area contributed by atoms with Crippen LogP contribution in [-0.2, 0) is 16.1 Å². The number of halogens is 3. The normalized spacial score (nSPS) is 14.6. The van der Waals surface area contributed by atoms with E-state index in [1.165, 1.54) is 0 Å². The molecule has 1 N–H and O–H groups in total. The van der Waals surface area contributed by atoms with Crippen LogP contribution in [0, 0.1) is 17.5 Å². The molecule has 0 saturated carbocycles. The predicted octanol–water partition coefficient (Wildman–Crippen LogP) is 1.59. The molecule has 1 aromatic rings.